The number of aliphatic hydroxyl groups excluding tert-OH is 1. The van der Waals surface area contributed by atoms with Crippen molar-refractivity contribution in [2.75, 3.05) is 13.2 Å². The SMILES string of the molecule is CC(C)NCC(O)COc1ccc(CCn2ccnc2)cc1. The van der Waals surface area contributed by atoms with Crippen LogP contribution in [0.3, 0.4) is 0 Å². The molecule has 0 aliphatic heterocycles. The van der Waals surface area contributed by atoms with Crippen LogP contribution in [0.4, 0.5) is 0 Å². The summed E-state index contributed by atoms with van der Waals surface area (Å²) in [5.74, 6) is 0.787. The molecule has 0 saturated heterocycles. The normalized spacial score (nSPS) is 12.5. The first kappa shape index (κ1) is 16.5. The fourth-order valence-corrected chi connectivity index (χ4v) is 2.05. The van der Waals surface area contributed by atoms with E-state index in [0.717, 1.165) is 18.7 Å². The predicted octanol–water partition coefficient (Wildman–Crippen LogP) is 1.86. The second-order valence-electron chi connectivity index (χ2n) is 5.72. The molecule has 0 aliphatic carbocycles. The lowest BCUT2D eigenvalue weighted by Crippen LogP contribution is -2.35. The van der Waals surface area contributed by atoms with E-state index in [-0.39, 0.29) is 0 Å². The number of hydrogen-bond donors (Lipinski definition) is 2. The van der Waals surface area contributed by atoms with Crippen molar-refractivity contribution in [1.82, 2.24) is 14.9 Å². The van der Waals surface area contributed by atoms with Gasteiger partial charge in [-0.1, -0.05) is 26.0 Å². The molecule has 0 spiro atoms. The quantitative estimate of drug-likeness (QED) is 0.742. The number of hydrogen-bond acceptors (Lipinski definition) is 4. The fraction of sp³-hybridized carbons (Fsp3) is 0.471. The third-order valence-electron chi connectivity index (χ3n) is 3.35. The highest BCUT2D eigenvalue weighted by Crippen LogP contribution is 2.13. The Kier molecular flexibility index (Phi) is 6.43. The fourth-order valence-electron chi connectivity index (χ4n) is 2.05. The van der Waals surface area contributed by atoms with E-state index in [1.807, 2.05) is 24.7 Å². The molecule has 5 heteroatoms. The van der Waals surface area contributed by atoms with Gasteiger partial charge in [0, 0.05) is 31.5 Å². The molecule has 1 aromatic carbocycles. The number of ether oxygens (including phenoxy) is 1. The van der Waals surface area contributed by atoms with Crippen LogP contribution in [0.15, 0.2) is 43.0 Å². The maximum Gasteiger partial charge on any atom is 0.119 e. The Morgan fingerprint density at radius 1 is 1.27 bits per heavy atom. The van der Waals surface area contributed by atoms with Crippen molar-refractivity contribution in [3.63, 3.8) is 0 Å². The van der Waals surface area contributed by atoms with E-state index >= 15 is 0 Å². The second kappa shape index (κ2) is 8.56. The summed E-state index contributed by atoms with van der Waals surface area (Å²) in [4.78, 5) is 4.03. The van der Waals surface area contributed by atoms with Gasteiger partial charge in [-0.05, 0) is 24.1 Å². The van der Waals surface area contributed by atoms with E-state index in [1.165, 1.54) is 5.56 Å². The molecule has 1 heterocycles. The van der Waals surface area contributed by atoms with Crippen LogP contribution in [0, 0.1) is 0 Å². The van der Waals surface area contributed by atoms with Crippen LogP contribution in [-0.4, -0.2) is 40.0 Å². The number of benzene rings is 1. The molecule has 2 rings (SSSR count). The highest BCUT2D eigenvalue weighted by Gasteiger charge is 2.06. The summed E-state index contributed by atoms with van der Waals surface area (Å²) in [6.45, 7) is 5.86. The minimum Gasteiger partial charge on any atom is -0.491 e. The molecule has 120 valence electrons. The van der Waals surface area contributed by atoms with Crippen molar-refractivity contribution < 1.29 is 9.84 Å². The van der Waals surface area contributed by atoms with Crippen molar-refractivity contribution in [1.29, 1.82) is 0 Å². The maximum atomic E-state index is 9.81. The Morgan fingerprint density at radius 2 is 2.05 bits per heavy atom. The molecule has 1 unspecified atom stereocenters. The zero-order chi connectivity index (χ0) is 15.8. The summed E-state index contributed by atoms with van der Waals surface area (Å²) in [5, 5.41) is 13.0. The highest BCUT2D eigenvalue weighted by molar-refractivity contribution is 5.27. The molecule has 2 N–H and O–H groups in total. The van der Waals surface area contributed by atoms with Gasteiger partial charge in [0.1, 0.15) is 18.5 Å². The van der Waals surface area contributed by atoms with Gasteiger partial charge >= 0.3 is 0 Å². The number of aliphatic hydroxyl groups is 1. The molecule has 1 atom stereocenters. The molecule has 22 heavy (non-hydrogen) atoms. The van der Waals surface area contributed by atoms with E-state index in [1.54, 1.807) is 6.20 Å². The zero-order valence-corrected chi connectivity index (χ0v) is 13.3. The summed E-state index contributed by atoms with van der Waals surface area (Å²) in [7, 11) is 0. The lowest BCUT2D eigenvalue weighted by atomic mass is 10.1. The van der Waals surface area contributed by atoms with E-state index in [9.17, 15) is 5.11 Å². The van der Waals surface area contributed by atoms with E-state index in [2.05, 4.69) is 40.8 Å². The summed E-state index contributed by atoms with van der Waals surface area (Å²) < 4.78 is 7.66. The lowest BCUT2D eigenvalue weighted by Gasteiger charge is -2.15. The molecule has 1 aromatic heterocycles. The van der Waals surface area contributed by atoms with Crippen molar-refractivity contribution in [3.8, 4) is 5.75 Å². The Bertz CT molecular complexity index is 523. The van der Waals surface area contributed by atoms with Crippen molar-refractivity contribution >= 4 is 0 Å². The standard InChI is InChI=1S/C17H25N3O2/c1-14(2)19-11-16(21)12-22-17-5-3-15(4-6-17)7-9-20-10-8-18-13-20/h3-6,8,10,13-14,16,19,21H,7,9,11-12H2,1-2H3. The lowest BCUT2D eigenvalue weighted by molar-refractivity contribution is 0.104. The summed E-state index contributed by atoms with van der Waals surface area (Å²) in [5.41, 5.74) is 1.25. The van der Waals surface area contributed by atoms with Crippen molar-refractivity contribution in [2.45, 2.75) is 39.0 Å². The average Bonchev–Trinajstić information content (AvgIpc) is 3.03. The number of nitrogens with one attached hydrogen (secondary N) is 1. The molecular weight excluding hydrogens is 278 g/mol. The van der Waals surface area contributed by atoms with Gasteiger partial charge in [0.15, 0.2) is 0 Å². The minimum absolute atomic E-state index is 0.300. The van der Waals surface area contributed by atoms with Crippen LogP contribution < -0.4 is 10.1 Å². The zero-order valence-electron chi connectivity index (χ0n) is 13.3. The monoisotopic (exact) mass is 303 g/mol. The number of rotatable bonds is 9. The molecule has 0 fully saturated rings. The molecule has 0 aliphatic rings. The molecule has 0 radical (unpaired) electrons. The maximum absolute atomic E-state index is 9.81. The van der Waals surface area contributed by atoms with Gasteiger partial charge in [0.25, 0.3) is 0 Å². The van der Waals surface area contributed by atoms with Crippen molar-refractivity contribution in [2.24, 2.45) is 0 Å². The Morgan fingerprint density at radius 3 is 2.68 bits per heavy atom. The number of aromatic nitrogens is 2. The number of nitrogens with zero attached hydrogens (tertiary/aromatic N) is 2. The van der Waals surface area contributed by atoms with Crippen molar-refractivity contribution in [3.05, 3.63) is 48.5 Å². The first-order chi connectivity index (χ1) is 10.6. The molecule has 0 bridgehead atoms. The number of imidazole rings is 1. The second-order valence-corrected chi connectivity index (χ2v) is 5.72. The number of aryl methyl sites for hydroxylation is 2. The van der Waals surface area contributed by atoms with Gasteiger partial charge in [-0.2, -0.15) is 0 Å². The third kappa shape index (κ3) is 5.87. The van der Waals surface area contributed by atoms with Gasteiger partial charge in [-0.3, -0.25) is 0 Å². The highest BCUT2D eigenvalue weighted by atomic mass is 16.5. The first-order valence-corrected chi connectivity index (χ1v) is 7.72. The van der Waals surface area contributed by atoms with Gasteiger partial charge in [0.05, 0.1) is 6.33 Å². The van der Waals surface area contributed by atoms with Gasteiger partial charge in [0.2, 0.25) is 0 Å². The third-order valence-corrected chi connectivity index (χ3v) is 3.35. The smallest absolute Gasteiger partial charge is 0.119 e. The van der Waals surface area contributed by atoms with Crippen LogP contribution >= 0.6 is 0 Å². The summed E-state index contributed by atoms with van der Waals surface area (Å²) in [6.07, 6.45) is 6.03. The Balaban J connectivity index is 1.72. The summed E-state index contributed by atoms with van der Waals surface area (Å²) in [6, 6.07) is 8.39. The molecule has 2 aromatic rings. The van der Waals surface area contributed by atoms with Crippen LogP contribution in [0.5, 0.6) is 5.75 Å². The van der Waals surface area contributed by atoms with E-state index in [4.69, 9.17) is 4.74 Å². The van der Waals surface area contributed by atoms with Gasteiger partial charge in [-0.25, -0.2) is 4.98 Å². The van der Waals surface area contributed by atoms with Crippen LogP contribution in [0.25, 0.3) is 0 Å². The largest absolute Gasteiger partial charge is 0.491 e. The van der Waals surface area contributed by atoms with Crippen LogP contribution in [-0.2, 0) is 13.0 Å². The summed E-state index contributed by atoms with van der Waals surface area (Å²) >= 11 is 0. The molecule has 5 nitrogen and oxygen atoms in total. The minimum atomic E-state index is -0.497. The molecular formula is C17H25N3O2. The van der Waals surface area contributed by atoms with E-state index in [0.29, 0.717) is 19.2 Å². The Labute approximate surface area is 132 Å². The van der Waals surface area contributed by atoms with Gasteiger partial charge in [-0.15, -0.1) is 0 Å². The Hall–Kier alpha value is -1.85. The van der Waals surface area contributed by atoms with E-state index < -0.39 is 6.10 Å². The molecule has 0 saturated carbocycles. The molecule has 0 amide bonds. The van der Waals surface area contributed by atoms with Gasteiger partial charge < -0.3 is 19.7 Å². The first-order valence-electron chi connectivity index (χ1n) is 7.72. The van der Waals surface area contributed by atoms with Crippen LogP contribution in [0.1, 0.15) is 19.4 Å². The predicted molar refractivity (Wildman–Crippen MR) is 87.0 cm³/mol. The average molecular weight is 303 g/mol. The van der Waals surface area contributed by atoms with Crippen LogP contribution in [0.2, 0.25) is 0 Å². The topological polar surface area (TPSA) is 59.3 Å².